The first-order valence-corrected chi connectivity index (χ1v) is 8.12. The number of nitrogens with two attached hydrogens (primary N) is 1. The molecule has 1 aromatic carbocycles. The third kappa shape index (κ3) is 3.83. The SMILES string of the molecule is CCCC1CCC(CN)(OC(C)c2ccccc2)CC1. The lowest BCUT2D eigenvalue weighted by molar-refractivity contribution is -0.110. The maximum Gasteiger partial charge on any atom is 0.0812 e. The van der Waals surface area contributed by atoms with Gasteiger partial charge in [0.1, 0.15) is 0 Å². The van der Waals surface area contributed by atoms with Gasteiger partial charge < -0.3 is 10.5 Å². The highest BCUT2D eigenvalue weighted by molar-refractivity contribution is 5.17. The summed E-state index contributed by atoms with van der Waals surface area (Å²) >= 11 is 0. The van der Waals surface area contributed by atoms with Gasteiger partial charge in [0.2, 0.25) is 0 Å². The van der Waals surface area contributed by atoms with Gasteiger partial charge in [0, 0.05) is 6.54 Å². The van der Waals surface area contributed by atoms with E-state index in [1.807, 2.05) is 6.07 Å². The average molecular weight is 275 g/mol. The second-order valence-electron chi connectivity index (χ2n) is 6.29. The van der Waals surface area contributed by atoms with Crippen LogP contribution in [-0.2, 0) is 4.74 Å². The van der Waals surface area contributed by atoms with E-state index < -0.39 is 0 Å². The molecule has 0 saturated heterocycles. The van der Waals surface area contributed by atoms with Crippen LogP contribution in [0.25, 0.3) is 0 Å². The van der Waals surface area contributed by atoms with Crippen LogP contribution in [0.1, 0.15) is 64.0 Å². The minimum absolute atomic E-state index is 0.0977. The molecule has 2 heteroatoms. The molecule has 0 bridgehead atoms. The van der Waals surface area contributed by atoms with Gasteiger partial charge in [0.15, 0.2) is 0 Å². The molecule has 1 unspecified atom stereocenters. The van der Waals surface area contributed by atoms with Crippen molar-refractivity contribution in [1.82, 2.24) is 0 Å². The average Bonchev–Trinajstić information content (AvgIpc) is 2.50. The highest BCUT2D eigenvalue weighted by Gasteiger charge is 2.36. The molecule has 2 nitrogen and oxygen atoms in total. The normalized spacial score (nSPS) is 28.2. The Bertz CT molecular complexity index is 382. The minimum atomic E-state index is -0.0977. The smallest absolute Gasteiger partial charge is 0.0812 e. The summed E-state index contributed by atoms with van der Waals surface area (Å²) in [6.07, 6.45) is 7.55. The lowest BCUT2D eigenvalue weighted by Crippen LogP contribution is -2.44. The number of hydrogen-bond acceptors (Lipinski definition) is 2. The van der Waals surface area contributed by atoms with Gasteiger partial charge in [-0.25, -0.2) is 0 Å². The molecule has 1 saturated carbocycles. The summed E-state index contributed by atoms with van der Waals surface area (Å²) in [5, 5.41) is 0. The van der Waals surface area contributed by atoms with Gasteiger partial charge in [-0.15, -0.1) is 0 Å². The van der Waals surface area contributed by atoms with Crippen LogP contribution < -0.4 is 5.73 Å². The molecule has 112 valence electrons. The van der Waals surface area contributed by atoms with Crippen LogP contribution in [-0.4, -0.2) is 12.1 Å². The van der Waals surface area contributed by atoms with Crippen molar-refractivity contribution in [2.75, 3.05) is 6.54 Å². The molecule has 0 amide bonds. The van der Waals surface area contributed by atoms with Crippen LogP contribution in [0, 0.1) is 5.92 Å². The molecule has 2 N–H and O–H groups in total. The van der Waals surface area contributed by atoms with E-state index >= 15 is 0 Å². The van der Waals surface area contributed by atoms with Crippen molar-refractivity contribution in [2.45, 2.75) is 64.1 Å². The molecule has 0 spiro atoms. The Hall–Kier alpha value is -0.860. The first-order chi connectivity index (χ1) is 9.69. The predicted molar refractivity (Wildman–Crippen MR) is 84.6 cm³/mol. The predicted octanol–water partition coefficient (Wildman–Crippen LogP) is 4.45. The number of benzene rings is 1. The zero-order chi connectivity index (χ0) is 14.4. The summed E-state index contributed by atoms with van der Waals surface area (Å²) < 4.78 is 6.42. The standard InChI is InChI=1S/C18H29NO/c1-3-7-16-10-12-18(14-19,13-11-16)20-15(2)17-8-5-4-6-9-17/h4-6,8-9,15-16H,3,7,10-14,19H2,1-2H3. The second-order valence-corrected chi connectivity index (χ2v) is 6.29. The molecule has 1 aromatic rings. The summed E-state index contributed by atoms with van der Waals surface area (Å²) in [6, 6.07) is 10.5. The van der Waals surface area contributed by atoms with Gasteiger partial charge in [0.05, 0.1) is 11.7 Å². The second kappa shape index (κ2) is 7.24. The van der Waals surface area contributed by atoms with Crippen LogP contribution in [0.15, 0.2) is 30.3 Å². The van der Waals surface area contributed by atoms with Crippen molar-refractivity contribution in [1.29, 1.82) is 0 Å². The third-order valence-corrected chi connectivity index (χ3v) is 4.78. The molecule has 0 aromatic heterocycles. The van der Waals surface area contributed by atoms with Gasteiger partial charge in [0.25, 0.3) is 0 Å². The Labute approximate surface area is 123 Å². The molecule has 1 aliphatic carbocycles. The Morgan fingerprint density at radius 2 is 1.90 bits per heavy atom. The molecule has 1 aliphatic rings. The van der Waals surface area contributed by atoms with E-state index in [4.69, 9.17) is 10.5 Å². The quantitative estimate of drug-likeness (QED) is 0.832. The first-order valence-electron chi connectivity index (χ1n) is 8.12. The highest BCUT2D eigenvalue weighted by Crippen LogP contribution is 2.39. The number of ether oxygens (including phenoxy) is 1. The Morgan fingerprint density at radius 3 is 2.45 bits per heavy atom. The topological polar surface area (TPSA) is 35.2 Å². The van der Waals surface area contributed by atoms with E-state index in [-0.39, 0.29) is 11.7 Å². The largest absolute Gasteiger partial charge is 0.366 e. The van der Waals surface area contributed by atoms with Crippen molar-refractivity contribution < 1.29 is 4.74 Å². The van der Waals surface area contributed by atoms with Crippen molar-refractivity contribution in [2.24, 2.45) is 11.7 Å². The number of rotatable bonds is 6. The van der Waals surface area contributed by atoms with Gasteiger partial charge in [-0.1, -0.05) is 50.1 Å². The summed E-state index contributed by atoms with van der Waals surface area (Å²) in [5.41, 5.74) is 7.21. The van der Waals surface area contributed by atoms with Crippen LogP contribution in [0.3, 0.4) is 0 Å². The van der Waals surface area contributed by atoms with Crippen LogP contribution >= 0.6 is 0 Å². The maximum absolute atomic E-state index is 6.42. The zero-order valence-corrected chi connectivity index (χ0v) is 13.0. The molecule has 0 heterocycles. The molecule has 0 radical (unpaired) electrons. The Kier molecular flexibility index (Phi) is 5.62. The van der Waals surface area contributed by atoms with E-state index in [0.717, 1.165) is 18.8 Å². The maximum atomic E-state index is 6.42. The summed E-state index contributed by atoms with van der Waals surface area (Å²) in [6.45, 7) is 5.06. The van der Waals surface area contributed by atoms with Gasteiger partial charge in [-0.3, -0.25) is 0 Å². The molecule has 2 rings (SSSR count). The molecule has 1 atom stereocenters. The van der Waals surface area contributed by atoms with E-state index in [1.54, 1.807) is 0 Å². The monoisotopic (exact) mass is 275 g/mol. The third-order valence-electron chi connectivity index (χ3n) is 4.78. The molecule has 1 fully saturated rings. The fourth-order valence-corrected chi connectivity index (χ4v) is 3.44. The Balaban J connectivity index is 1.95. The summed E-state index contributed by atoms with van der Waals surface area (Å²) in [5.74, 6) is 0.885. The van der Waals surface area contributed by atoms with Gasteiger partial charge in [-0.2, -0.15) is 0 Å². The number of hydrogen-bond donors (Lipinski definition) is 1. The Morgan fingerprint density at radius 1 is 1.25 bits per heavy atom. The highest BCUT2D eigenvalue weighted by atomic mass is 16.5. The van der Waals surface area contributed by atoms with Crippen molar-refractivity contribution >= 4 is 0 Å². The molecular formula is C18H29NO. The van der Waals surface area contributed by atoms with Gasteiger partial charge in [-0.05, 0) is 44.1 Å². The lowest BCUT2D eigenvalue weighted by Gasteiger charge is -2.41. The van der Waals surface area contributed by atoms with Crippen LogP contribution in [0.2, 0.25) is 0 Å². The fraction of sp³-hybridized carbons (Fsp3) is 0.667. The lowest BCUT2D eigenvalue weighted by atomic mass is 9.77. The van der Waals surface area contributed by atoms with Crippen molar-refractivity contribution in [3.63, 3.8) is 0 Å². The molecule has 0 aliphatic heterocycles. The molecular weight excluding hydrogens is 246 g/mol. The van der Waals surface area contributed by atoms with Crippen molar-refractivity contribution in [3.05, 3.63) is 35.9 Å². The summed E-state index contributed by atoms with van der Waals surface area (Å²) in [7, 11) is 0. The van der Waals surface area contributed by atoms with E-state index in [1.165, 1.54) is 31.2 Å². The van der Waals surface area contributed by atoms with E-state index in [2.05, 4.69) is 38.1 Å². The van der Waals surface area contributed by atoms with Gasteiger partial charge >= 0.3 is 0 Å². The van der Waals surface area contributed by atoms with Crippen LogP contribution in [0.5, 0.6) is 0 Å². The molecule has 20 heavy (non-hydrogen) atoms. The van der Waals surface area contributed by atoms with Crippen LogP contribution in [0.4, 0.5) is 0 Å². The summed E-state index contributed by atoms with van der Waals surface area (Å²) in [4.78, 5) is 0. The van der Waals surface area contributed by atoms with E-state index in [0.29, 0.717) is 6.54 Å². The fourth-order valence-electron chi connectivity index (χ4n) is 3.44. The zero-order valence-electron chi connectivity index (χ0n) is 13.0. The minimum Gasteiger partial charge on any atom is -0.366 e. The first kappa shape index (κ1) is 15.5. The van der Waals surface area contributed by atoms with Crippen molar-refractivity contribution in [3.8, 4) is 0 Å². The van der Waals surface area contributed by atoms with E-state index in [9.17, 15) is 0 Å².